The fourth-order valence-electron chi connectivity index (χ4n) is 2.30. The number of hydrogen-bond acceptors (Lipinski definition) is 5. The molecule has 2 atom stereocenters. The molecule has 0 radical (unpaired) electrons. The van der Waals surface area contributed by atoms with Gasteiger partial charge in [-0.1, -0.05) is 0 Å². The van der Waals surface area contributed by atoms with Crippen LogP contribution >= 0.6 is 0 Å². The van der Waals surface area contributed by atoms with Crippen LogP contribution in [0.15, 0.2) is 12.4 Å². The van der Waals surface area contributed by atoms with Crippen molar-refractivity contribution in [1.82, 2.24) is 14.7 Å². The molecule has 1 aliphatic heterocycles. The van der Waals surface area contributed by atoms with E-state index in [1.807, 2.05) is 0 Å². The summed E-state index contributed by atoms with van der Waals surface area (Å²) < 4.78 is 20.5. The molecule has 0 unspecified atom stereocenters. The van der Waals surface area contributed by atoms with Crippen molar-refractivity contribution in [3.05, 3.63) is 22.5 Å². The minimum absolute atomic E-state index is 0.0469. The first-order valence-electron chi connectivity index (χ1n) is 6.96. The average Bonchev–Trinajstić information content (AvgIpc) is 2.85. The maximum absolute atomic E-state index is 13.9. The summed E-state index contributed by atoms with van der Waals surface area (Å²) in [6, 6.07) is -0.454. The monoisotopic (exact) mass is 314 g/mol. The summed E-state index contributed by atoms with van der Waals surface area (Å²) in [4.78, 5) is 23.4. The first kappa shape index (κ1) is 16.2. The molecule has 8 nitrogen and oxygen atoms in total. The summed E-state index contributed by atoms with van der Waals surface area (Å²) in [6.45, 7) is 5.35. The Kier molecular flexibility index (Phi) is 4.34. The summed E-state index contributed by atoms with van der Waals surface area (Å²) in [5.74, 6) is 0. The van der Waals surface area contributed by atoms with Crippen molar-refractivity contribution < 1.29 is 18.8 Å². The van der Waals surface area contributed by atoms with E-state index >= 15 is 0 Å². The lowest BCUT2D eigenvalue weighted by Crippen LogP contribution is -2.47. The zero-order valence-corrected chi connectivity index (χ0v) is 12.7. The molecule has 0 aliphatic carbocycles. The number of amides is 1. The van der Waals surface area contributed by atoms with E-state index in [2.05, 4.69) is 5.10 Å². The van der Waals surface area contributed by atoms with Crippen LogP contribution in [0.25, 0.3) is 0 Å². The predicted molar refractivity (Wildman–Crippen MR) is 75.2 cm³/mol. The highest BCUT2D eigenvalue weighted by Crippen LogP contribution is 2.26. The van der Waals surface area contributed by atoms with E-state index in [1.165, 1.54) is 15.8 Å². The Morgan fingerprint density at radius 3 is 2.73 bits per heavy atom. The quantitative estimate of drug-likeness (QED) is 0.617. The summed E-state index contributed by atoms with van der Waals surface area (Å²) in [5.41, 5.74) is -0.829. The van der Waals surface area contributed by atoms with Crippen molar-refractivity contribution in [3.63, 3.8) is 0 Å². The Labute approximate surface area is 127 Å². The van der Waals surface area contributed by atoms with Gasteiger partial charge in [0.15, 0.2) is 0 Å². The summed E-state index contributed by atoms with van der Waals surface area (Å²) >= 11 is 0. The molecule has 1 aromatic rings. The highest BCUT2D eigenvalue weighted by atomic mass is 19.1. The largest absolute Gasteiger partial charge is 0.444 e. The molecule has 1 amide bonds. The molecule has 0 N–H and O–H groups in total. The first-order valence-corrected chi connectivity index (χ1v) is 6.96. The third kappa shape index (κ3) is 3.92. The number of carbonyl (C=O) groups excluding carboxylic acids is 1. The van der Waals surface area contributed by atoms with Gasteiger partial charge in [-0.3, -0.25) is 14.8 Å². The Hall–Kier alpha value is -2.19. The third-order valence-electron chi connectivity index (χ3n) is 3.20. The molecule has 2 heterocycles. The van der Waals surface area contributed by atoms with Crippen LogP contribution in [0, 0.1) is 10.1 Å². The molecule has 1 saturated heterocycles. The molecular formula is C13H19FN4O4. The number of carbonyl (C=O) groups is 1. The smallest absolute Gasteiger partial charge is 0.410 e. The van der Waals surface area contributed by atoms with Gasteiger partial charge in [0, 0.05) is 13.0 Å². The van der Waals surface area contributed by atoms with Gasteiger partial charge in [-0.15, -0.1) is 0 Å². The van der Waals surface area contributed by atoms with Crippen LogP contribution in [-0.4, -0.2) is 50.6 Å². The molecule has 0 aromatic carbocycles. The van der Waals surface area contributed by atoms with Crippen LogP contribution in [0.5, 0.6) is 0 Å². The number of halogens is 1. The number of rotatable bonds is 2. The highest BCUT2D eigenvalue weighted by Gasteiger charge is 2.34. The van der Waals surface area contributed by atoms with Crippen LogP contribution < -0.4 is 0 Å². The van der Waals surface area contributed by atoms with E-state index in [-0.39, 0.29) is 25.2 Å². The van der Waals surface area contributed by atoms with Crippen LogP contribution in [0.1, 0.15) is 33.2 Å². The van der Waals surface area contributed by atoms with Crippen molar-refractivity contribution in [1.29, 1.82) is 0 Å². The van der Waals surface area contributed by atoms with E-state index in [0.717, 1.165) is 6.20 Å². The molecule has 2 rings (SSSR count). The molecule has 122 valence electrons. The number of ether oxygens (including phenoxy) is 1. The van der Waals surface area contributed by atoms with Crippen LogP contribution in [0.3, 0.4) is 0 Å². The van der Waals surface area contributed by atoms with Gasteiger partial charge in [-0.05, 0) is 20.8 Å². The molecule has 1 aliphatic rings. The minimum Gasteiger partial charge on any atom is -0.444 e. The van der Waals surface area contributed by atoms with Gasteiger partial charge in [-0.2, -0.15) is 5.10 Å². The Balaban J connectivity index is 2.10. The molecule has 1 aromatic heterocycles. The van der Waals surface area contributed by atoms with Crippen LogP contribution in [-0.2, 0) is 4.74 Å². The van der Waals surface area contributed by atoms with Gasteiger partial charge >= 0.3 is 11.8 Å². The lowest BCUT2D eigenvalue weighted by Gasteiger charge is -2.35. The number of likely N-dealkylation sites (tertiary alicyclic amines) is 1. The normalized spacial score (nSPS) is 22.5. The highest BCUT2D eigenvalue weighted by molar-refractivity contribution is 5.68. The van der Waals surface area contributed by atoms with E-state index in [4.69, 9.17) is 4.74 Å². The Morgan fingerprint density at radius 1 is 1.50 bits per heavy atom. The third-order valence-corrected chi connectivity index (χ3v) is 3.20. The Morgan fingerprint density at radius 2 is 2.18 bits per heavy atom. The Bertz CT molecular complexity index is 569. The molecule has 0 saturated carbocycles. The van der Waals surface area contributed by atoms with E-state index < -0.39 is 28.8 Å². The van der Waals surface area contributed by atoms with Gasteiger partial charge in [0.05, 0.1) is 17.5 Å². The fraction of sp³-hybridized carbons (Fsp3) is 0.692. The number of nitrogens with zero attached hydrogens (tertiary/aromatic N) is 4. The van der Waals surface area contributed by atoms with Gasteiger partial charge < -0.3 is 9.64 Å². The molecule has 0 bridgehead atoms. The van der Waals surface area contributed by atoms with Crippen molar-refractivity contribution in [2.24, 2.45) is 0 Å². The second-order valence-corrected chi connectivity index (χ2v) is 6.31. The van der Waals surface area contributed by atoms with E-state index in [0.29, 0.717) is 0 Å². The minimum atomic E-state index is -1.23. The fourth-order valence-corrected chi connectivity index (χ4v) is 2.30. The SMILES string of the molecule is CC(C)(C)OC(=O)N1C[C@@H](F)C[C@@H](n2cc([N+](=O)[O-])cn2)C1. The maximum Gasteiger partial charge on any atom is 0.410 e. The second-order valence-electron chi connectivity index (χ2n) is 6.31. The van der Waals surface area contributed by atoms with Gasteiger partial charge in [-0.25, -0.2) is 9.18 Å². The van der Waals surface area contributed by atoms with Crippen LogP contribution in [0.2, 0.25) is 0 Å². The van der Waals surface area contributed by atoms with Crippen molar-refractivity contribution in [2.45, 2.75) is 45.0 Å². The van der Waals surface area contributed by atoms with Gasteiger partial charge in [0.1, 0.15) is 24.2 Å². The molecule has 1 fully saturated rings. The summed E-state index contributed by atoms with van der Waals surface area (Å²) in [7, 11) is 0. The second kappa shape index (κ2) is 5.90. The van der Waals surface area contributed by atoms with Gasteiger partial charge in [0.25, 0.3) is 0 Å². The number of piperidine rings is 1. The maximum atomic E-state index is 13.9. The zero-order valence-electron chi connectivity index (χ0n) is 12.7. The molecular weight excluding hydrogens is 295 g/mol. The van der Waals surface area contributed by atoms with Crippen molar-refractivity contribution in [2.75, 3.05) is 13.1 Å². The summed E-state index contributed by atoms with van der Waals surface area (Å²) in [5, 5.41) is 14.6. The standard InChI is InChI=1S/C13H19FN4O4/c1-13(2,3)22-12(19)16-6-9(14)4-10(7-16)17-8-11(5-15-17)18(20)21/h5,8-10H,4,6-7H2,1-3H3/t9-,10+/m0/s1. The lowest BCUT2D eigenvalue weighted by atomic mass is 10.0. The van der Waals surface area contributed by atoms with Crippen LogP contribution in [0.4, 0.5) is 14.9 Å². The number of aromatic nitrogens is 2. The average molecular weight is 314 g/mol. The lowest BCUT2D eigenvalue weighted by molar-refractivity contribution is -0.385. The number of alkyl halides is 1. The summed E-state index contributed by atoms with van der Waals surface area (Å²) in [6.07, 6.45) is 0.685. The number of nitro groups is 1. The van der Waals surface area contributed by atoms with Crippen molar-refractivity contribution >= 4 is 11.8 Å². The topological polar surface area (TPSA) is 90.5 Å². The predicted octanol–water partition coefficient (Wildman–Crippen LogP) is 2.31. The molecule has 9 heteroatoms. The van der Waals surface area contributed by atoms with E-state index in [9.17, 15) is 19.3 Å². The first-order chi connectivity index (χ1) is 10.2. The molecule has 0 spiro atoms. The number of hydrogen-bond donors (Lipinski definition) is 0. The zero-order chi connectivity index (χ0) is 16.5. The van der Waals surface area contributed by atoms with E-state index in [1.54, 1.807) is 20.8 Å². The van der Waals surface area contributed by atoms with Gasteiger partial charge in [0.2, 0.25) is 0 Å². The van der Waals surface area contributed by atoms with Crippen molar-refractivity contribution in [3.8, 4) is 0 Å². The molecule has 22 heavy (non-hydrogen) atoms.